The van der Waals surface area contributed by atoms with Gasteiger partial charge in [-0.1, -0.05) is 13.8 Å². The molecule has 0 aliphatic heterocycles. The summed E-state index contributed by atoms with van der Waals surface area (Å²) in [6, 6.07) is 0. The highest BCUT2D eigenvalue weighted by Gasteiger charge is 2.38. The second-order valence-corrected chi connectivity index (χ2v) is 7.88. The quantitative estimate of drug-likeness (QED) is 0.566. The molecule has 0 atom stereocenters. The van der Waals surface area contributed by atoms with E-state index >= 15 is 0 Å². The number of ether oxygens (including phenoxy) is 1. The van der Waals surface area contributed by atoms with Gasteiger partial charge in [-0.3, -0.25) is 20.0 Å². The van der Waals surface area contributed by atoms with Crippen molar-refractivity contribution in [2.24, 2.45) is 0 Å². The van der Waals surface area contributed by atoms with Crippen LogP contribution < -0.4 is 15.8 Å². The number of nitrogen functional groups attached to an aromatic ring is 1. The summed E-state index contributed by atoms with van der Waals surface area (Å²) in [5.74, 6) is -0.602. The maximum Gasteiger partial charge on any atom is 0.309 e. The van der Waals surface area contributed by atoms with E-state index in [9.17, 15) is 9.59 Å². The van der Waals surface area contributed by atoms with Crippen LogP contribution in [-0.2, 0) is 16.6 Å². The monoisotopic (exact) mass is 399 g/mol. The third-order valence-corrected chi connectivity index (χ3v) is 5.10. The third kappa shape index (κ3) is 3.09. The fourth-order valence-electron chi connectivity index (χ4n) is 3.33. The Balaban J connectivity index is 1.68. The van der Waals surface area contributed by atoms with E-state index in [1.54, 1.807) is 6.20 Å². The third-order valence-electron chi connectivity index (χ3n) is 4.36. The molecule has 10 nitrogen and oxygen atoms in total. The Morgan fingerprint density at radius 1 is 1.36 bits per heavy atom. The Morgan fingerprint density at radius 3 is 2.89 bits per heavy atom. The first-order valence-electron chi connectivity index (χ1n) is 8.40. The first kappa shape index (κ1) is 18.0. The van der Waals surface area contributed by atoms with Crippen molar-refractivity contribution in [2.75, 3.05) is 11.1 Å². The fraction of sp³-hybridized carbons (Fsp3) is 0.294. The summed E-state index contributed by atoms with van der Waals surface area (Å²) in [6.45, 7) is 5.34. The number of H-pyrrole nitrogens is 1. The molecule has 11 heteroatoms. The largest absolute Gasteiger partial charge is 0.407 e. The molecule has 1 aliphatic carbocycles. The number of carbonyl (C=O) groups excluding carboxylic acids is 2. The average Bonchev–Trinajstić information content (AvgIpc) is 3.22. The van der Waals surface area contributed by atoms with Crippen LogP contribution in [0.15, 0.2) is 11.6 Å². The zero-order valence-corrected chi connectivity index (χ0v) is 16.2. The van der Waals surface area contributed by atoms with Crippen LogP contribution in [0, 0.1) is 0 Å². The number of fused-ring (bicyclic) bond motifs is 3. The highest BCUT2D eigenvalue weighted by molar-refractivity contribution is 7.14. The lowest BCUT2D eigenvalue weighted by Crippen LogP contribution is -2.29. The predicted molar refractivity (Wildman–Crippen MR) is 102 cm³/mol. The van der Waals surface area contributed by atoms with Gasteiger partial charge in [-0.05, 0) is 17.4 Å². The molecule has 1 aliphatic rings. The number of rotatable bonds is 3. The zero-order valence-electron chi connectivity index (χ0n) is 15.4. The summed E-state index contributed by atoms with van der Waals surface area (Å²) in [5.41, 5.74) is 8.63. The Hall–Kier alpha value is -3.34. The molecule has 1 amide bonds. The number of hydrogen-bond acceptors (Lipinski definition) is 9. The molecule has 4 N–H and O–H groups in total. The van der Waals surface area contributed by atoms with Crippen molar-refractivity contribution in [2.45, 2.75) is 32.6 Å². The number of carbonyl (C=O) groups is 2. The molecular formula is C17H17N7O3S. The first-order valence-corrected chi connectivity index (χ1v) is 9.28. The maximum absolute atomic E-state index is 12.9. The molecule has 0 radical (unpaired) electrons. The van der Waals surface area contributed by atoms with Gasteiger partial charge in [-0.25, -0.2) is 9.97 Å². The molecule has 4 rings (SSSR count). The summed E-state index contributed by atoms with van der Waals surface area (Å²) < 4.78 is 4.90. The summed E-state index contributed by atoms with van der Waals surface area (Å²) in [4.78, 5) is 36.3. The second-order valence-electron chi connectivity index (χ2n) is 7.02. The minimum absolute atomic E-state index is 0.137. The molecule has 0 saturated heterocycles. The van der Waals surface area contributed by atoms with E-state index in [1.807, 2.05) is 13.8 Å². The van der Waals surface area contributed by atoms with E-state index < -0.39 is 11.9 Å². The predicted octanol–water partition coefficient (Wildman–Crippen LogP) is 1.92. The van der Waals surface area contributed by atoms with Crippen molar-refractivity contribution in [1.29, 1.82) is 0 Å². The number of nitrogens with zero attached hydrogens (tertiary/aromatic N) is 4. The van der Waals surface area contributed by atoms with E-state index in [0.717, 1.165) is 22.5 Å². The van der Waals surface area contributed by atoms with Gasteiger partial charge in [0.05, 0.1) is 16.8 Å². The normalized spacial score (nSPS) is 14.1. The lowest BCUT2D eigenvalue weighted by atomic mass is 9.73. The Bertz CT molecular complexity index is 1100. The summed E-state index contributed by atoms with van der Waals surface area (Å²) in [6.07, 6.45) is 2.35. The van der Waals surface area contributed by atoms with E-state index in [-0.39, 0.29) is 22.9 Å². The van der Waals surface area contributed by atoms with Gasteiger partial charge in [-0.2, -0.15) is 10.1 Å². The Kier molecular flexibility index (Phi) is 4.11. The van der Waals surface area contributed by atoms with Crippen LogP contribution in [0.5, 0.6) is 5.88 Å². The lowest BCUT2D eigenvalue weighted by molar-refractivity contribution is -0.132. The van der Waals surface area contributed by atoms with Crippen LogP contribution in [0.3, 0.4) is 0 Å². The van der Waals surface area contributed by atoms with Crippen molar-refractivity contribution in [3.05, 3.63) is 28.4 Å². The number of nitrogens with two attached hydrogens (primary N) is 1. The van der Waals surface area contributed by atoms with Gasteiger partial charge in [0.25, 0.3) is 5.91 Å². The number of anilines is 2. The number of amides is 1. The number of thiazole rings is 1. The van der Waals surface area contributed by atoms with Gasteiger partial charge in [0.15, 0.2) is 10.8 Å². The lowest BCUT2D eigenvalue weighted by Gasteiger charge is -2.31. The molecule has 0 unspecified atom stereocenters. The van der Waals surface area contributed by atoms with Crippen LogP contribution in [0.2, 0.25) is 0 Å². The Labute approximate surface area is 163 Å². The van der Waals surface area contributed by atoms with E-state index in [4.69, 9.17) is 10.5 Å². The molecule has 0 aromatic carbocycles. The maximum atomic E-state index is 12.9. The van der Waals surface area contributed by atoms with Crippen LogP contribution in [0.25, 0.3) is 11.4 Å². The van der Waals surface area contributed by atoms with Crippen LogP contribution >= 0.6 is 11.3 Å². The van der Waals surface area contributed by atoms with Crippen molar-refractivity contribution in [1.82, 2.24) is 25.1 Å². The molecule has 0 spiro atoms. The topological polar surface area (TPSA) is 149 Å². The van der Waals surface area contributed by atoms with E-state index in [2.05, 4.69) is 30.5 Å². The minimum atomic E-state index is -0.480. The summed E-state index contributed by atoms with van der Waals surface area (Å²) in [5, 5.41) is 11.7. The second kappa shape index (κ2) is 6.37. The summed E-state index contributed by atoms with van der Waals surface area (Å²) in [7, 11) is 0. The van der Waals surface area contributed by atoms with Gasteiger partial charge in [0.2, 0.25) is 11.8 Å². The molecular weight excluding hydrogens is 382 g/mol. The number of hydrogen-bond donors (Lipinski definition) is 3. The molecule has 3 aromatic rings. The van der Waals surface area contributed by atoms with Gasteiger partial charge in [0.1, 0.15) is 0 Å². The highest BCUT2D eigenvalue weighted by Crippen LogP contribution is 2.42. The number of nitrogens with one attached hydrogen (secondary N) is 2. The number of aromatic amines is 1. The molecule has 144 valence electrons. The van der Waals surface area contributed by atoms with Crippen molar-refractivity contribution in [3.63, 3.8) is 0 Å². The highest BCUT2D eigenvalue weighted by atomic mass is 32.1. The molecule has 0 fully saturated rings. The van der Waals surface area contributed by atoms with Crippen molar-refractivity contribution >= 4 is 34.3 Å². The van der Waals surface area contributed by atoms with Crippen LogP contribution in [-0.4, -0.2) is 37.0 Å². The molecule has 3 aromatic heterocycles. The fourth-order valence-corrected chi connectivity index (χ4v) is 3.94. The molecule has 0 bridgehead atoms. The average molecular weight is 399 g/mol. The Morgan fingerprint density at radius 2 is 2.14 bits per heavy atom. The standard InChI is InChI=1S/C17H17N7O3S/c1-7(25)27-9-6-28-16(20-9)22-14(26)13-10-12(23-24-13)11-8(4-17(10,2)3)5-19-15(18)21-11/h5-6H,4H2,1-3H3,(H,23,24)(H2,18,19,21)(H,20,22,26). The first-order chi connectivity index (χ1) is 13.2. The van der Waals surface area contributed by atoms with Gasteiger partial charge in [0, 0.05) is 18.7 Å². The van der Waals surface area contributed by atoms with Gasteiger partial charge >= 0.3 is 5.97 Å². The SMILES string of the molecule is CC(=O)Oc1csc(NC(=O)c2n[nH]c3c2C(C)(C)Cc2cnc(N)nc2-3)n1. The van der Waals surface area contributed by atoms with Gasteiger partial charge in [-0.15, -0.1) is 11.3 Å². The smallest absolute Gasteiger partial charge is 0.309 e. The molecule has 0 saturated carbocycles. The van der Waals surface area contributed by atoms with Crippen molar-refractivity contribution < 1.29 is 14.3 Å². The molecule has 3 heterocycles. The minimum Gasteiger partial charge on any atom is -0.407 e. The number of aromatic nitrogens is 5. The summed E-state index contributed by atoms with van der Waals surface area (Å²) >= 11 is 1.15. The number of esters is 1. The van der Waals surface area contributed by atoms with Crippen LogP contribution in [0.1, 0.15) is 42.4 Å². The van der Waals surface area contributed by atoms with Crippen molar-refractivity contribution in [3.8, 4) is 17.3 Å². The zero-order chi connectivity index (χ0) is 20.1. The van der Waals surface area contributed by atoms with Gasteiger partial charge < -0.3 is 10.5 Å². The van der Waals surface area contributed by atoms with E-state index in [1.165, 1.54) is 12.3 Å². The van der Waals surface area contributed by atoms with E-state index in [0.29, 0.717) is 22.9 Å². The van der Waals surface area contributed by atoms with Crippen LogP contribution in [0.4, 0.5) is 11.1 Å². The molecule has 28 heavy (non-hydrogen) atoms.